The average molecular weight is 378 g/mol. The Morgan fingerprint density at radius 3 is 2.68 bits per heavy atom. The number of rotatable bonds is 4. The third-order valence-electron chi connectivity index (χ3n) is 4.25. The molecule has 0 atom stereocenters. The van der Waals surface area contributed by atoms with Crippen LogP contribution in [0.1, 0.15) is 0 Å². The predicted octanol–water partition coefficient (Wildman–Crippen LogP) is 3.75. The number of nitrogens with one attached hydrogen (secondary N) is 3. The van der Waals surface area contributed by atoms with E-state index in [0.717, 1.165) is 17.1 Å². The van der Waals surface area contributed by atoms with Gasteiger partial charge < -0.3 is 20.1 Å². The number of anilines is 4. The number of benzene rings is 2. The maximum Gasteiger partial charge on any atom is 0.229 e. The second-order valence-electron chi connectivity index (χ2n) is 6.17. The number of aromatic amines is 1. The summed E-state index contributed by atoms with van der Waals surface area (Å²) >= 11 is 0. The highest BCUT2D eigenvalue weighted by Crippen LogP contribution is 2.33. The molecule has 5 rings (SSSR count). The minimum atomic E-state index is -0.558. The molecule has 0 aliphatic carbocycles. The average Bonchev–Trinajstić information content (AvgIpc) is 3.18. The highest BCUT2D eigenvalue weighted by atomic mass is 19.1. The number of fused-ring (bicyclic) bond motifs is 2. The van der Waals surface area contributed by atoms with Gasteiger partial charge in [-0.1, -0.05) is 0 Å². The lowest BCUT2D eigenvalue weighted by Gasteiger charge is -2.19. The normalized spacial score (nSPS) is 12.8. The van der Waals surface area contributed by atoms with Crippen LogP contribution in [0.25, 0.3) is 10.9 Å². The minimum absolute atomic E-state index is 0.0638. The first kappa shape index (κ1) is 16.3. The Morgan fingerprint density at radius 1 is 0.929 bits per heavy atom. The van der Waals surface area contributed by atoms with Gasteiger partial charge in [-0.2, -0.15) is 10.1 Å². The molecule has 0 saturated carbocycles. The van der Waals surface area contributed by atoms with Gasteiger partial charge in [0.25, 0.3) is 0 Å². The first-order valence-electron chi connectivity index (χ1n) is 8.64. The van der Waals surface area contributed by atoms with Gasteiger partial charge in [0.15, 0.2) is 23.1 Å². The first-order valence-corrected chi connectivity index (χ1v) is 8.64. The fourth-order valence-electron chi connectivity index (χ4n) is 2.92. The summed E-state index contributed by atoms with van der Waals surface area (Å²) in [6.45, 7) is 1.03. The van der Waals surface area contributed by atoms with Crippen LogP contribution >= 0.6 is 0 Å². The molecule has 140 valence electrons. The van der Waals surface area contributed by atoms with Gasteiger partial charge in [0.2, 0.25) is 5.95 Å². The summed E-state index contributed by atoms with van der Waals surface area (Å²) in [4.78, 5) is 8.24. The first-order chi connectivity index (χ1) is 13.7. The molecule has 2 aromatic heterocycles. The van der Waals surface area contributed by atoms with E-state index in [1.54, 1.807) is 18.3 Å². The Hall–Kier alpha value is -3.88. The summed E-state index contributed by atoms with van der Waals surface area (Å²) in [5.41, 5.74) is 2.23. The summed E-state index contributed by atoms with van der Waals surface area (Å²) in [5.74, 6) is 1.09. The van der Waals surface area contributed by atoms with Gasteiger partial charge >= 0.3 is 0 Å². The number of H-pyrrole nitrogens is 1. The lowest BCUT2D eigenvalue weighted by Crippen LogP contribution is -2.15. The topological polar surface area (TPSA) is 97.0 Å². The van der Waals surface area contributed by atoms with Crippen LogP contribution in [0, 0.1) is 5.82 Å². The molecule has 2 aromatic carbocycles. The molecule has 0 bridgehead atoms. The van der Waals surface area contributed by atoms with Gasteiger partial charge in [-0.25, -0.2) is 9.37 Å². The molecule has 0 fully saturated rings. The summed E-state index contributed by atoms with van der Waals surface area (Å²) in [7, 11) is 0. The number of hydrogen-bond acceptors (Lipinski definition) is 7. The predicted molar refractivity (Wildman–Crippen MR) is 102 cm³/mol. The number of nitrogens with zero attached hydrogens (tertiary/aromatic N) is 3. The van der Waals surface area contributed by atoms with Crippen LogP contribution in [0.5, 0.6) is 11.5 Å². The molecule has 9 heteroatoms. The Labute approximate surface area is 158 Å². The molecule has 0 radical (unpaired) electrons. The highest BCUT2D eigenvalue weighted by molar-refractivity contribution is 5.82. The zero-order chi connectivity index (χ0) is 18.9. The van der Waals surface area contributed by atoms with Crippen molar-refractivity contribution in [2.45, 2.75) is 0 Å². The van der Waals surface area contributed by atoms with Crippen molar-refractivity contribution >= 4 is 34.0 Å². The summed E-state index contributed by atoms with van der Waals surface area (Å²) in [5, 5.41) is 13.8. The van der Waals surface area contributed by atoms with E-state index in [1.165, 1.54) is 0 Å². The molecule has 1 aliphatic rings. The van der Waals surface area contributed by atoms with E-state index in [9.17, 15) is 4.39 Å². The van der Waals surface area contributed by atoms with Crippen LogP contribution in [0.15, 0.2) is 48.8 Å². The standard InChI is InChI=1S/C19H15FN6O2/c20-14-10-21-19(24-13-3-4-16-17(8-13)28-6-5-27-16)25-18(14)23-12-2-1-11-9-22-26-15(11)7-12/h1-4,7-10H,5-6H2,(H,22,26)(H2,21,23,24,25). The van der Waals surface area contributed by atoms with Gasteiger partial charge in [0.1, 0.15) is 13.2 Å². The Balaban J connectivity index is 1.39. The van der Waals surface area contributed by atoms with Gasteiger partial charge in [0.05, 0.1) is 17.9 Å². The smallest absolute Gasteiger partial charge is 0.229 e. The fourth-order valence-corrected chi connectivity index (χ4v) is 2.92. The van der Waals surface area contributed by atoms with Crippen LogP contribution in [-0.2, 0) is 0 Å². The van der Waals surface area contributed by atoms with Crippen LogP contribution < -0.4 is 20.1 Å². The quantitative estimate of drug-likeness (QED) is 0.498. The molecule has 0 amide bonds. The highest BCUT2D eigenvalue weighted by Gasteiger charge is 2.13. The van der Waals surface area contributed by atoms with E-state index in [4.69, 9.17) is 9.47 Å². The van der Waals surface area contributed by atoms with E-state index >= 15 is 0 Å². The second kappa shape index (κ2) is 6.69. The van der Waals surface area contributed by atoms with Crippen molar-refractivity contribution in [3.63, 3.8) is 0 Å². The van der Waals surface area contributed by atoms with Gasteiger partial charge in [-0.05, 0) is 30.3 Å². The van der Waals surface area contributed by atoms with E-state index in [0.29, 0.717) is 36.1 Å². The fraction of sp³-hybridized carbons (Fsp3) is 0.105. The molecule has 28 heavy (non-hydrogen) atoms. The van der Waals surface area contributed by atoms with E-state index < -0.39 is 5.82 Å². The molecule has 3 heterocycles. The number of hydrogen-bond donors (Lipinski definition) is 3. The molecule has 0 unspecified atom stereocenters. The summed E-state index contributed by atoms with van der Waals surface area (Å²) in [6.07, 6.45) is 2.84. The van der Waals surface area contributed by atoms with Crippen molar-refractivity contribution in [3.05, 3.63) is 54.6 Å². The Kier molecular flexibility index (Phi) is 3.90. The molecule has 3 N–H and O–H groups in total. The number of ether oxygens (including phenoxy) is 2. The number of aromatic nitrogens is 4. The largest absolute Gasteiger partial charge is 0.486 e. The SMILES string of the molecule is Fc1cnc(Nc2ccc3c(c2)OCCO3)nc1Nc1ccc2cn[nH]c2c1. The van der Waals surface area contributed by atoms with E-state index in [-0.39, 0.29) is 11.8 Å². The Bertz CT molecular complexity index is 1160. The zero-order valence-electron chi connectivity index (χ0n) is 14.6. The maximum absolute atomic E-state index is 14.2. The van der Waals surface area contributed by atoms with Crippen molar-refractivity contribution in [1.82, 2.24) is 20.2 Å². The monoisotopic (exact) mass is 378 g/mol. The van der Waals surface area contributed by atoms with Crippen LogP contribution in [0.3, 0.4) is 0 Å². The van der Waals surface area contributed by atoms with Crippen molar-refractivity contribution in [2.75, 3.05) is 23.8 Å². The lowest BCUT2D eigenvalue weighted by atomic mass is 10.2. The zero-order valence-corrected chi connectivity index (χ0v) is 14.6. The molecule has 8 nitrogen and oxygen atoms in total. The second-order valence-corrected chi connectivity index (χ2v) is 6.17. The summed E-state index contributed by atoms with van der Waals surface area (Å²) in [6, 6.07) is 11.0. The molecule has 0 saturated heterocycles. The van der Waals surface area contributed by atoms with Crippen molar-refractivity contribution in [1.29, 1.82) is 0 Å². The lowest BCUT2D eigenvalue weighted by molar-refractivity contribution is 0.171. The van der Waals surface area contributed by atoms with Crippen molar-refractivity contribution < 1.29 is 13.9 Å². The van der Waals surface area contributed by atoms with Gasteiger partial charge in [0, 0.05) is 22.8 Å². The summed E-state index contributed by atoms with van der Waals surface area (Å²) < 4.78 is 25.3. The van der Waals surface area contributed by atoms with E-state index in [2.05, 4.69) is 30.8 Å². The van der Waals surface area contributed by atoms with Gasteiger partial charge in [-0.3, -0.25) is 5.10 Å². The van der Waals surface area contributed by atoms with Crippen LogP contribution in [0.4, 0.5) is 27.5 Å². The molecule has 4 aromatic rings. The van der Waals surface area contributed by atoms with E-state index in [1.807, 2.05) is 24.3 Å². The number of halogens is 1. The van der Waals surface area contributed by atoms with Gasteiger partial charge in [-0.15, -0.1) is 0 Å². The minimum Gasteiger partial charge on any atom is -0.486 e. The third-order valence-corrected chi connectivity index (χ3v) is 4.25. The molecular weight excluding hydrogens is 363 g/mol. The van der Waals surface area contributed by atoms with Crippen LogP contribution in [0.2, 0.25) is 0 Å². The third kappa shape index (κ3) is 3.13. The Morgan fingerprint density at radius 2 is 1.75 bits per heavy atom. The van der Waals surface area contributed by atoms with Crippen LogP contribution in [-0.4, -0.2) is 33.4 Å². The molecule has 0 spiro atoms. The molecular formula is C19H15FN6O2. The maximum atomic E-state index is 14.2. The van der Waals surface area contributed by atoms with Crippen molar-refractivity contribution in [3.8, 4) is 11.5 Å². The van der Waals surface area contributed by atoms with Crippen molar-refractivity contribution in [2.24, 2.45) is 0 Å². The molecule has 1 aliphatic heterocycles.